The van der Waals surface area contributed by atoms with Gasteiger partial charge in [0.05, 0.1) is 11.4 Å². The van der Waals surface area contributed by atoms with E-state index in [0.717, 1.165) is 49.8 Å². The van der Waals surface area contributed by atoms with Gasteiger partial charge in [-0.15, -0.1) is 0 Å². The highest BCUT2D eigenvalue weighted by atomic mass is 16.3. The van der Waals surface area contributed by atoms with Crippen molar-refractivity contribution in [2.45, 2.75) is 19.3 Å². The molecule has 1 aromatic heterocycles. The Kier molecular flexibility index (Phi) is 4.75. The van der Waals surface area contributed by atoms with Crippen LogP contribution in [-0.2, 0) is 4.79 Å². The van der Waals surface area contributed by atoms with Crippen LogP contribution in [-0.4, -0.2) is 46.8 Å². The van der Waals surface area contributed by atoms with Gasteiger partial charge in [-0.05, 0) is 37.9 Å². The van der Waals surface area contributed by atoms with Crippen LogP contribution in [0.15, 0.2) is 36.5 Å². The minimum Gasteiger partial charge on any atom is -0.396 e. The Hall–Kier alpha value is -1.85. The van der Waals surface area contributed by atoms with Crippen molar-refractivity contribution in [3.8, 4) is 0 Å². The number of aliphatic hydroxyl groups excluding tert-OH is 1. The van der Waals surface area contributed by atoms with E-state index >= 15 is 0 Å². The monoisotopic (exact) mass is 301 g/mol. The summed E-state index contributed by atoms with van der Waals surface area (Å²) in [7, 11) is 0. The molecule has 1 unspecified atom stereocenters. The second-order valence-electron chi connectivity index (χ2n) is 5.94. The molecule has 2 aromatic rings. The second-order valence-corrected chi connectivity index (χ2v) is 5.94. The van der Waals surface area contributed by atoms with Crippen LogP contribution in [0.25, 0.3) is 10.9 Å². The van der Waals surface area contributed by atoms with Gasteiger partial charge in [0.15, 0.2) is 0 Å². The number of hydrogen-bond donors (Lipinski definition) is 2. The maximum atomic E-state index is 12.5. The number of carbonyl (C=O) groups is 1. The van der Waals surface area contributed by atoms with Crippen LogP contribution in [0, 0.1) is 5.92 Å². The van der Waals surface area contributed by atoms with Gasteiger partial charge in [-0.3, -0.25) is 14.9 Å². The molecule has 2 heterocycles. The van der Waals surface area contributed by atoms with Crippen molar-refractivity contribution in [2.75, 3.05) is 31.7 Å². The Morgan fingerprint density at radius 2 is 2.18 bits per heavy atom. The van der Waals surface area contributed by atoms with Crippen molar-refractivity contribution in [1.82, 2.24) is 9.58 Å². The molecule has 1 aromatic carbocycles. The molecule has 1 amide bonds. The third-order valence-electron chi connectivity index (χ3n) is 4.34. The lowest BCUT2D eigenvalue weighted by atomic mass is 9.97. The lowest BCUT2D eigenvalue weighted by molar-refractivity contribution is -0.122. The standard InChI is InChI=1S/C17H23N3O2/c21-12-4-10-19-9-3-6-15(13-19)17(22)18-20-11-8-14-5-1-2-7-16(14)20/h1-2,5,7-8,11,15,21H,3-4,6,9-10,12-13H2,(H,18,22). The summed E-state index contributed by atoms with van der Waals surface area (Å²) in [5, 5.41) is 10.1. The smallest absolute Gasteiger partial charge is 0.243 e. The van der Waals surface area contributed by atoms with Crippen LogP contribution in [0.5, 0.6) is 0 Å². The zero-order valence-corrected chi connectivity index (χ0v) is 12.7. The van der Waals surface area contributed by atoms with Crippen molar-refractivity contribution in [1.29, 1.82) is 0 Å². The van der Waals surface area contributed by atoms with Crippen LogP contribution in [0.1, 0.15) is 19.3 Å². The van der Waals surface area contributed by atoms with E-state index in [4.69, 9.17) is 5.11 Å². The largest absolute Gasteiger partial charge is 0.396 e. The number of aliphatic hydroxyl groups is 1. The minimum atomic E-state index is 0.0219. The predicted octanol–water partition coefficient (Wildman–Crippen LogP) is 1.81. The fourth-order valence-corrected chi connectivity index (χ4v) is 3.16. The molecule has 1 atom stereocenters. The van der Waals surface area contributed by atoms with E-state index in [1.807, 2.05) is 41.2 Å². The molecule has 3 rings (SSSR count). The van der Waals surface area contributed by atoms with Crippen molar-refractivity contribution in [2.24, 2.45) is 5.92 Å². The Bertz CT molecular complexity index is 638. The van der Waals surface area contributed by atoms with Crippen LogP contribution in [0.4, 0.5) is 0 Å². The van der Waals surface area contributed by atoms with Gasteiger partial charge in [0.1, 0.15) is 0 Å². The van der Waals surface area contributed by atoms with Gasteiger partial charge in [0.2, 0.25) is 5.91 Å². The average molecular weight is 301 g/mol. The van der Waals surface area contributed by atoms with E-state index in [2.05, 4.69) is 10.3 Å². The lowest BCUT2D eigenvalue weighted by Crippen LogP contribution is -2.42. The zero-order valence-electron chi connectivity index (χ0n) is 12.7. The third kappa shape index (κ3) is 3.31. The Balaban J connectivity index is 1.64. The van der Waals surface area contributed by atoms with Gasteiger partial charge < -0.3 is 10.0 Å². The van der Waals surface area contributed by atoms with E-state index < -0.39 is 0 Å². The number of amides is 1. The first-order valence-corrected chi connectivity index (χ1v) is 7.98. The van der Waals surface area contributed by atoms with E-state index in [9.17, 15) is 4.79 Å². The fourth-order valence-electron chi connectivity index (χ4n) is 3.16. The summed E-state index contributed by atoms with van der Waals surface area (Å²) < 4.78 is 1.81. The van der Waals surface area contributed by atoms with Crippen LogP contribution in [0.2, 0.25) is 0 Å². The summed E-state index contributed by atoms with van der Waals surface area (Å²) in [6.45, 7) is 2.89. The van der Waals surface area contributed by atoms with E-state index in [1.54, 1.807) is 0 Å². The van der Waals surface area contributed by atoms with Crippen molar-refractivity contribution in [3.63, 3.8) is 0 Å². The molecule has 0 spiro atoms. The van der Waals surface area contributed by atoms with Crippen molar-refractivity contribution >= 4 is 16.8 Å². The van der Waals surface area contributed by atoms with Gasteiger partial charge in [0.25, 0.3) is 0 Å². The van der Waals surface area contributed by atoms with E-state index in [1.165, 1.54) is 0 Å². The Morgan fingerprint density at radius 1 is 1.32 bits per heavy atom. The first kappa shape index (κ1) is 15.1. The predicted molar refractivity (Wildman–Crippen MR) is 87.2 cm³/mol. The molecule has 5 nitrogen and oxygen atoms in total. The molecular formula is C17H23N3O2. The molecule has 0 radical (unpaired) electrons. The maximum Gasteiger partial charge on any atom is 0.243 e. The molecule has 1 saturated heterocycles. The van der Waals surface area contributed by atoms with Crippen LogP contribution in [0.3, 0.4) is 0 Å². The highest BCUT2D eigenvalue weighted by molar-refractivity contribution is 5.89. The molecule has 1 aliphatic rings. The van der Waals surface area contributed by atoms with Gasteiger partial charge in [-0.25, -0.2) is 0 Å². The van der Waals surface area contributed by atoms with E-state index in [-0.39, 0.29) is 18.4 Å². The normalized spacial score (nSPS) is 19.4. The van der Waals surface area contributed by atoms with Gasteiger partial charge >= 0.3 is 0 Å². The lowest BCUT2D eigenvalue weighted by Gasteiger charge is -2.31. The summed E-state index contributed by atoms with van der Waals surface area (Å²) in [6.07, 6.45) is 4.64. The molecule has 0 saturated carbocycles. The highest BCUT2D eigenvalue weighted by Gasteiger charge is 2.25. The molecular weight excluding hydrogens is 278 g/mol. The number of hydrogen-bond acceptors (Lipinski definition) is 3. The summed E-state index contributed by atoms with van der Waals surface area (Å²) in [5.74, 6) is 0.101. The fraction of sp³-hybridized carbons (Fsp3) is 0.471. The number of carbonyl (C=O) groups excluding carboxylic acids is 1. The molecule has 22 heavy (non-hydrogen) atoms. The maximum absolute atomic E-state index is 12.5. The SMILES string of the molecule is O=C(Nn1ccc2ccccc21)C1CCCN(CCCO)C1. The summed E-state index contributed by atoms with van der Waals surface area (Å²) in [6, 6.07) is 10.0. The number of nitrogens with zero attached hydrogens (tertiary/aromatic N) is 2. The van der Waals surface area contributed by atoms with E-state index in [0.29, 0.717) is 0 Å². The molecule has 0 bridgehead atoms. The Morgan fingerprint density at radius 3 is 3.05 bits per heavy atom. The number of piperidine rings is 1. The van der Waals surface area contributed by atoms with Crippen molar-refractivity contribution < 1.29 is 9.90 Å². The number of fused-ring (bicyclic) bond motifs is 1. The van der Waals surface area contributed by atoms with Crippen molar-refractivity contribution in [3.05, 3.63) is 36.5 Å². The van der Waals surface area contributed by atoms with Gasteiger partial charge in [-0.1, -0.05) is 18.2 Å². The topological polar surface area (TPSA) is 57.5 Å². The van der Waals surface area contributed by atoms with Crippen LogP contribution >= 0.6 is 0 Å². The quantitative estimate of drug-likeness (QED) is 0.885. The third-order valence-corrected chi connectivity index (χ3v) is 4.34. The Labute approximate surface area is 130 Å². The average Bonchev–Trinajstić information content (AvgIpc) is 2.96. The number of para-hydroxylation sites is 1. The second kappa shape index (κ2) is 6.94. The summed E-state index contributed by atoms with van der Waals surface area (Å²) in [5.41, 5.74) is 4.03. The first-order chi connectivity index (χ1) is 10.8. The zero-order chi connectivity index (χ0) is 15.4. The molecule has 1 aliphatic heterocycles. The minimum absolute atomic E-state index is 0.0219. The molecule has 2 N–H and O–H groups in total. The van der Waals surface area contributed by atoms with Gasteiger partial charge in [0, 0.05) is 31.3 Å². The first-order valence-electron chi connectivity index (χ1n) is 7.98. The number of benzene rings is 1. The molecule has 118 valence electrons. The molecule has 1 fully saturated rings. The van der Waals surface area contributed by atoms with Gasteiger partial charge in [-0.2, -0.15) is 0 Å². The number of aromatic nitrogens is 1. The molecule has 5 heteroatoms. The summed E-state index contributed by atoms with van der Waals surface area (Å²) in [4.78, 5) is 14.8. The van der Waals surface area contributed by atoms with Crippen LogP contribution < -0.4 is 5.43 Å². The number of likely N-dealkylation sites (tertiary alicyclic amines) is 1. The molecule has 0 aliphatic carbocycles. The number of nitrogens with one attached hydrogen (secondary N) is 1. The summed E-state index contributed by atoms with van der Waals surface area (Å²) >= 11 is 0. The number of rotatable bonds is 5. The highest BCUT2D eigenvalue weighted by Crippen LogP contribution is 2.18.